The molecule has 0 unspecified atom stereocenters. The van der Waals surface area contributed by atoms with Crippen LogP contribution in [0.2, 0.25) is 0 Å². The highest BCUT2D eigenvalue weighted by molar-refractivity contribution is 8.00. The summed E-state index contributed by atoms with van der Waals surface area (Å²) in [6, 6.07) is 0. The van der Waals surface area contributed by atoms with Crippen molar-refractivity contribution in [3.63, 3.8) is 0 Å². The molecule has 62 valence electrons. The van der Waals surface area contributed by atoms with E-state index >= 15 is 0 Å². The smallest absolute Gasteiger partial charge is 0.296 e. The van der Waals surface area contributed by atoms with Crippen LogP contribution in [0, 0.1) is 0 Å². The van der Waals surface area contributed by atoms with E-state index in [0.717, 1.165) is 11.6 Å². The monoisotopic (exact) mass is 199 g/mol. The van der Waals surface area contributed by atoms with E-state index in [1.165, 1.54) is 4.34 Å². The van der Waals surface area contributed by atoms with E-state index in [-0.39, 0.29) is 0 Å². The zero-order valence-electron chi connectivity index (χ0n) is 6.19. The van der Waals surface area contributed by atoms with Gasteiger partial charge in [0.05, 0.1) is 17.3 Å². The molecular weight excluding hydrogens is 192 g/mol. The molecule has 2 aromatic rings. The molecule has 2 rings (SSSR count). The van der Waals surface area contributed by atoms with E-state index in [9.17, 15) is 0 Å². The number of thiazole rings is 1. The van der Waals surface area contributed by atoms with Gasteiger partial charge in [-0.2, -0.15) is 4.98 Å². The number of nitrogens with zero attached hydrogens (tertiary/aromatic N) is 1. The highest BCUT2D eigenvalue weighted by atomic mass is 32.2. The van der Waals surface area contributed by atoms with Gasteiger partial charge in [-0.05, 0) is 11.8 Å². The molecular formula is C7H7N2OS2+. The van der Waals surface area contributed by atoms with E-state index in [1.807, 2.05) is 11.6 Å². The van der Waals surface area contributed by atoms with E-state index in [4.69, 9.17) is 4.42 Å². The molecule has 0 aliphatic heterocycles. The number of oxazole rings is 1. The first kappa shape index (κ1) is 7.82. The van der Waals surface area contributed by atoms with E-state index in [2.05, 4.69) is 9.97 Å². The lowest BCUT2D eigenvalue weighted by molar-refractivity contribution is -0.416. The summed E-state index contributed by atoms with van der Waals surface area (Å²) in [6.45, 7) is 0. The van der Waals surface area contributed by atoms with E-state index < -0.39 is 0 Å². The Hall–Kier alpha value is -0.810. The van der Waals surface area contributed by atoms with Crippen LogP contribution in [0.3, 0.4) is 0 Å². The SMILES string of the molecule is c1coc(CSc2[nH+]ccs2)n1. The second-order valence-electron chi connectivity index (χ2n) is 2.07. The second-order valence-corrected chi connectivity index (χ2v) is 4.23. The van der Waals surface area contributed by atoms with Gasteiger partial charge in [0, 0.05) is 0 Å². The van der Waals surface area contributed by atoms with Gasteiger partial charge < -0.3 is 4.42 Å². The zero-order valence-corrected chi connectivity index (χ0v) is 7.82. The zero-order chi connectivity index (χ0) is 8.23. The highest BCUT2D eigenvalue weighted by Gasteiger charge is 2.05. The summed E-state index contributed by atoms with van der Waals surface area (Å²) in [5, 5.41) is 2.01. The third-order valence-electron chi connectivity index (χ3n) is 1.25. The summed E-state index contributed by atoms with van der Waals surface area (Å²) < 4.78 is 6.26. The molecule has 3 nitrogen and oxygen atoms in total. The van der Waals surface area contributed by atoms with E-state index in [1.54, 1.807) is 35.6 Å². The topological polar surface area (TPSA) is 40.2 Å². The lowest BCUT2D eigenvalue weighted by Crippen LogP contribution is -1.96. The van der Waals surface area contributed by atoms with Crippen molar-refractivity contribution >= 4 is 23.1 Å². The molecule has 12 heavy (non-hydrogen) atoms. The summed E-state index contributed by atoms with van der Waals surface area (Å²) in [6.07, 6.45) is 5.17. The van der Waals surface area contributed by atoms with Crippen molar-refractivity contribution in [1.82, 2.24) is 4.98 Å². The quantitative estimate of drug-likeness (QED) is 0.708. The lowest BCUT2D eigenvalue weighted by atomic mass is 10.8. The Morgan fingerprint density at radius 3 is 3.33 bits per heavy atom. The third-order valence-corrected chi connectivity index (χ3v) is 3.27. The summed E-state index contributed by atoms with van der Waals surface area (Å²) in [5.74, 6) is 1.55. The van der Waals surface area contributed by atoms with Crippen molar-refractivity contribution in [3.8, 4) is 0 Å². The molecule has 0 aliphatic carbocycles. The maximum Gasteiger partial charge on any atom is 0.296 e. The fourth-order valence-corrected chi connectivity index (χ4v) is 2.32. The van der Waals surface area contributed by atoms with Crippen molar-refractivity contribution in [3.05, 3.63) is 29.9 Å². The highest BCUT2D eigenvalue weighted by Crippen LogP contribution is 2.20. The van der Waals surface area contributed by atoms with Crippen molar-refractivity contribution < 1.29 is 9.40 Å². The summed E-state index contributed by atoms with van der Waals surface area (Å²) in [4.78, 5) is 7.13. The van der Waals surface area contributed by atoms with Crippen LogP contribution in [0.1, 0.15) is 5.89 Å². The van der Waals surface area contributed by atoms with Crippen LogP contribution >= 0.6 is 23.1 Å². The average molecular weight is 199 g/mol. The second kappa shape index (κ2) is 3.73. The van der Waals surface area contributed by atoms with Crippen LogP contribution in [0.4, 0.5) is 0 Å². The molecule has 0 radical (unpaired) electrons. The van der Waals surface area contributed by atoms with Crippen LogP contribution in [0.5, 0.6) is 0 Å². The Balaban J connectivity index is 1.91. The summed E-state index contributed by atoms with van der Waals surface area (Å²) in [7, 11) is 0. The van der Waals surface area contributed by atoms with Crippen LogP contribution in [-0.4, -0.2) is 4.98 Å². The number of H-pyrrole nitrogens is 1. The molecule has 2 aromatic heterocycles. The van der Waals surface area contributed by atoms with E-state index in [0.29, 0.717) is 0 Å². The van der Waals surface area contributed by atoms with Crippen LogP contribution in [0.25, 0.3) is 0 Å². The van der Waals surface area contributed by atoms with Crippen LogP contribution < -0.4 is 4.98 Å². The van der Waals surface area contributed by atoms with Gasteiger partial charge in [-0.15, -0.1) is 0 Å². The van der Waals surface area contributed by atoms with Crippen molar-refractivity contribution in [2.45, 2.75) is 10.1 Å². The fraction of sp³-hybridized carbons (Fsp3) is 0.143. The van der Waals surface area contributed by atoms with Gasteiger partial charge in [0.15, 0.2) is 6.20 Å². The summed E-state index contributed by atoms with van der Waals surface area (Å²) >= 11 is 3.37. The lowest BCUT2D eigenvalue weighted by Gasteiger charge is -1.86. The van der Waals surface area contributed by atoms with Gasteiger partial charge in [0.1, 0.15) is 6.26 Å². The number of thioether (sulfide) groups is 1. The number of aromatic nitrogens is 2. The Kier molecular flexibility index (Phi) is 2.43. The first-order chi connectivity index (χ1) is 5.95. The molecule has 0 fully saturated rings. The Morgan fingerprint density at radius 2 is 2.67 bits per heavy atom. The van der Waals surface area contributed by atoms with Crippen molar-refractivity contribution in [2.24, 2.45) is 0 Å². The van der Waals surface area contributed by atoms with Crippen LogP contribution in [0.15, 0.2) is 32.8 Å². The first-order valence-corrected chi connectivity index (χ1v) is 5.28. The van der Waals surface area contributed by atoms with Gasteiger partial charge in [0.25, 0.3) is 4.34 Å². The van der Waals surface area contributed by atoms with Crippen molar-refractivity contribution in [2.75, 3.05) is 0 Å². The molecule has 0 aromatic carbocycles. The molecule has 0 bridgehead atoms. The molecule has 1 N–H and O–H groups in total. The maximum atomic E-state index is 5.09. The normalized spacial score (nSPS) is 10.3. The van der Waals surface area contributed by atoms with Gasteiger partial charge in [-0.1, -0.05) is 11.3 Å². The number of hydrogen-bond donors (Lipinski definition) is 0. The molecule has 0 saturated heterocycles. The first-order valence-electron chi connectivity index (χ1n) is 3.41. The molecule has 0 atom stereocenters. The van der Waals surface area contributed by atoms with Gasteiger partial charge in [0.2, 0.25) is 5.89 Å². The average Bonchev–Trinajstić information content (AvgIpc) is 2.74. The largest absolute Gasteiger partial charge is 0.448 e. The van der Waals surface area contributed by atoms with Crippen molar-refractivity contribution in [1.29, 1.82) is 0 Å². The predicted octanol–water partition coefficient (Wildman–Crippen LogP) is 1.84. The fourth-order valence-electron chi connectivity index (χ4n) is 0.759. The molecule has 0 spiro atoms. The Labute approximate surface area is 77.9 Å². The minimum Gasteiger partial charge on any atom is -0.448 e. The molecule has 0 saturated carbocycles. The number of hydrogen-bond acceptors (Lipinski definition) is 4. The van der Waals surface area contributed by atoms with Gasteiger partial charge in [-0.25, -0.2) is 4.98 Å². The number of nitrogens with one attached hydrogen (secondary N) is 1. The van der Waals surface area contributed by atoms with Gasteiger partial charge in [-0.3, -0.25) is 0 Å². The number of rotatable bonds is 3. The molecule has 5 heteroatoms. The Morgan fingerprint density at radius 1 is 1.67 bits per heavy atom. The standard InChI is InChI=1S/C7H6N2OS2/c1-3-10-6(8-1)5-12-7-9-2-4-11-7/h1-4H,5H2/p+1. The van der Waals surface area contributed by atoms with Crippen LogP contribution in [-0.2, 0) is 5.75 Å². The predicted molar refractivity (Wildman–Crippen MR) is 46.9 cm³/mol. The van der Waals surface area contributed by atoms with Gasteiger partial charge >= 0.3 is 0 Å². The maximum absolute atomic E-state index is 5.09. The summed E-state index contributed by atoms with van der Waals surface area (Å²) in [5.41, 5.74) is 0. The minimum absolute atomic E-state index is 0.766. The molecule has 0 aliphatic rings. The number of aromatic amines is 1. The Bertz CT molecular complexity index is 283. The molecule has 2 heterocycles. The minimum atomic E-state index is 0.766. The molecule has 0 amide bonds. The third kappa shape index (κ3) is 1.86.